The summed E-state index contributed by atoms with van der Waals surface area (Å²) in [6, 6.07) is 13.6. The zero-order valence-corrected chi connectivity index (χ0v) is 15.8. The number of carbonyl (C=O) groups excluding carboxylic acids is 1. The largest absolute Gasteiger partial charge is 0.494 e. The van der Waals surface area contributed by atoms with Gasteiger partial charge in [0.2, 0.25) is 0 Å². The van der Waals surface area contributed by atoms with Crippen molar-refractivity contribution in [3.05, 3.63) is 54.2 Å². The van der Waals surface area contributed by atoms with Crippen LogP contribution in [0.5, 0.6) is 5.75 Å². The fourth-order valence-corrected chi connectivity index (χ4v) is 3.10. The fourth-order valence-electron chi connectivity index (χ4n) is 3.10. The Morgan fingerprint density at radius 3 is 2.52 bits per heavy atom. The van der Waals surface area contributed by atoms with E-state index in [1.54, 1.807) is 19.2 Å². The molecule has 0 spiro atoms. The number of hydrogen-bond donors (Lipinski definition) is 0. The second-order valence-corrected chi connectivity index (χ2v) is 6.47. The van der Waals surface area contributed by atoms with Crippen LogP contribution in [0.3, 0.4) is 0 Å². The lowest BCUT2D eigenvalue weighted by Gasteiger charge is -2.35. The SMILES string of the molecule is CCOC(=O)c1ccc(N2CCN(CCCOc3ccccc3)CC2)nc1. The summed E-state index contributed by atoms with van der Waals surface area (Å²) in [6.45, 7) is 7.83. The highest BCUT2D eigenvalue weighted by Gasteiger charge is 2.18. The predicted octanol–water partition coefficient (Wildman–Crippen LogP) is 2.85. The Labute approximate surface area is 160 Å². The van der Waals surface area contributed by atoms with E-state index in [-0.39, 0.29) is 5.97 Å². The van der Waals surface area contributed by atoms with Gasteiger partial charge >= 0.3 is 5.97 Å². The van der Waals surface area contributed by atoms with Gasteiger partial charge < -0.3 is 14.4 Å². The third-order valence-corrected chi connectivity index (χ3v) is 4.59. The molecule has 144 valence electrons. The summed E-state index contributed by atoms with van der Waals surface area (Å²) in [5, 5.41) is 0. The molecule has 27 heavy (non-hydrogen) atoms. The third-order valence-electron chi connectivity index (χ3n) is 4.59. The molecule has 0 aliphatic carbocycles. The van der Waals surface area contributed by atoms with Crippen molar-refractivity contribution in [2.45, 2.75) is 13.3 Å². The summed E-state index contributed by atoms with van der Waals surface area (Å²) in [6.07, 6.45) is 2.61. The van der Waals surface area contributed by atoms with E-state index >= 15 is 0 Å². The summed E-state index contributed by atoms with van der Waals surface area (Å²) in [7, 11) is 0. The highest BCUT2D eigenvalue weighted by Crippen LogP contribution is 2.15. The van der Waals surface area contributed by atoms with Gasteiger partial charge in [-0.15, -0.1) is 0 Å². The fraction of sp³-hybridized carbons (Fsp3) is 0.429. The van der Waals surface area contributed by atoms with Gasteiger partial charge in [0.05, 0.1) is 18.8 Å². The van der Waals surface area contributed by atoms with Crippen molar-refractivity contribution in [2.75, 3.05) is 50.8 Å². The van der Waals surface area contributed by atoms with Crippen LogP contribution in [0.25, 0.3) is 0 Å². The van der Waals surface area contributed by atoms with Crippen molar-refractivity contribution in [3.63, 3.8) is 0 Å². The average molecular weight is 369 g/mol. The Kier molecular flexibility index (Phi) is 7.04. The van der Waals surface area contributed by atoms with E-state index < -0.39 is 0 Å². The quantitative estimate of drug-likeness (QED) is 0.527. The number of para-hydroxylation sites is 1. The minimum Gasteiger partial charge on any atom is -0.494 e. The van der Waals surface area contributed by atoms with Crippen molar-refractivity contribution in [3.8, 4) is 5.75 Å². The molecule has 2 heterocycles. The summed E-state index contributed by atoms with van der Waals surface area (Å²) >= 11 is 0. The second-order valence-electron chi connectivity index (χ2n) is 6.47. The van der Waals surface area contributed by atoms with E-state index in [1.165, 1.54) is 0 Å². The van der Waals surface area contributed by atoms with Gasteiger partial charge in [-0.3, -0.25) is 4.90 Å². The van der Waals surface area contributed by atoms with E-state index in [1.807, 2.05) is 36.4 Å². The Balaban J connectivity index is 1.38. The van der Waals surface area contributed by atoms with Gasteiger partial charge in [0.25, 0.3) is 0 Å². The Morgan fingerprint density at radius 1 is 1.07 bits per heavy atom. The van der Waals surface area contributed by atoms with Crippen LogP contribution in [0.4, 0.5) is 5.82 Å². The first-order valence-corrected chi connectivity index (χ1v) is 9.54. The molecule has 1 aliphatic rings. The molecule has 0 amide bonds. The minimum absolute atomic E-state index is 0.320. The van der Waals surface area contributed by atoms with Gasteiger partial charge in [-0.1, -0.05) is 18.2 Å². The average Bonchev–Trinajstić information content (AvgIpc) is 2.73. The molecule has 0 N–H and O–H groups in total. The minimum atomic E-state index is -0.320. The summed E-state index contributed by atoms with van der Waals surface area (Å²) in [5.41, 5.74) is 0.498. The standard InChI is InChI=1S/C21H27N3O3/c1-2-26-21(25)18-9-10-20(22-17-18)24-14-12-23(13-15-24)11-6-16-27-19-7-4-3-5-8-19/h3-5,7-10,17H,2,6,11-16H2,1H3. The molecule has 6 nitrogen and oxygen atoms in total. The van der Waals surface area contributed by atoms with E-state index in [0.717, 1.165) is 57.3 Å². The number of esters is 1. The van der Waals surface area contributed by atoms with Gasteiger partial charge in [-0.05, 0) is 37.6 Å². The molecule has 0 saturated carbocycles. The van der Waals surface area contributed by atoms with Crippen molar-refractivity contribution >= 4 is 11.8 Å². The van der Waals surface area contributed by atoms with E-state index in [4.69, 9.17) is 9.47 Å². The molecule has 1 saturated heterocycles. The topological polar surface area (TPSA) is 54.9 Å². The number of rotatable bonds is 8. The van der Waals surface area contributed by atoms with Crippen LogP contribution in [0.15, 0.2) is 48.7 Å². The van der Waals surface area contributed by atoms with Gasteiger partial charge in [0.1, 0.15) is 11.6 Å². The van der Waals surface area contributed by atoms with E-state index in [0.29, 0.717) is 12.2 Å². The molecular formula is C21H27N3O3. The first-order chi connectivity index (χ1) is 13.3. The Bertz CT molecular complexity index is 698. The van der Waals surface area contributed by atoms with E-state index in [2.05, 4.69) is 14.8 Å². The molecule has 1 aliphatic heterocycles. The van der Waals surface area contributed by atoms with Crippen LogP contribution in [0, 0.1) is 0 Å². The third kappa shape index (κ3) is 5.69. The normalized spacial score (nSPS) is 14.8. The molecule has 2 aromatic rings. The number of anilines is 1. The molecule has 3 rings (SSSR count). The zero-order valence-electron chi connectivity index (χ0n) is 15.8. The van der Waals surface area contributed by atoms with Crippen LogP contribution in [-0.4, -0.2) is 61.8 Å². The molecule has 1 fully saturated rings. The first-order valence-electron chi connectivity index (χ1n) is 9.54. The van der Waals surface area contributed by atoms with Crippen LogP contribution >= 0.6 is 0 Å². The second kappa shape index (κ2) is 9.92. The number of ether oxygens (including phenoxy) is 2. The Hall–Kier alpha value is -2.60. The van der Waals surface area contributed by atoms with E-state index in [9.17, 15) is 4.79 Å². The van der Waals surface area contributed by atoms with Gasteiger partial charge in [0.15, 0.2) is 0 Å². The smallest absolute Gasteiger partial charge is 0.339 e. The maximum absolute atomic E-state index is 11.7. The molecular weight excluding hydrogens is 342 g/mol. The van der Waals surface area contributed by atoms with Crippen LogP contribution in [0.2, 0.25) is 0 Å². The number of benzene rings is 1. The van der Waals surface area contributed by atoms with Crippen LogP contribution in [0.1, 0.15) is 23.7 Å². The predicted molar refractivity (Wildman–Crippen MR) is 105 cm³/mol. The molecule has 1 aromatic carbocycles. The lowest BCUT2D eigenvalue weighted by molar-refractivity contribution is 0.0526. The summed E-state index contributed by atoms with van der Waals surface area (Å²) < 4.78 is 10.7. The van der Waals surface area contributed by atoms with Crippen LogP contribution in [-0.2, 0) is 4.74 Å². The molecule has 0 atom stereocenters. The highest BCUT2D eigenvalue weighted by atomic mass is 16.5. The number of piperazine rings is 1. The van der Waals surface area contributed by atoms with Crippen molar-refractivity contribution < 1.29 is 14.3 Å². The maximum atomic E-state index is 11.7. The van der Waals surface area contributed by atoms with Crippen molar-refractivity contribution in [1.29, 1.82) is 0 Å². The number of aromatic nitrogens is 1. The number of nitrogens with zero attached hydrogens (tertiary/aromatic N) is 3. The lowest BCUT2D eigenvalue weighted by atomic mass is 10.2. The molecule has 0 bridgehead atoms. The summed E-state index contributed by atoms with van der Waals surface area (Å²) in [5.74, 6) is 1.52. The summed E-state index contributed by atoms with van der Waals surface area (Å²) in [4.78, 5) is 20.8. The highest BCUT2D eigenvalue weighted by molar-refractivity contribution is 5.89. The van der Waals surface area contributed by atoms with Crippen molar-refractivity contribution in [2.24, 2.45) is 0 Å². The maximum Gasteiger partial charge on any atom is 0.339 e. The van der Waals surface area contributed by atoms with Crippen molar-refractivity contribution in [1.82, 2.24) is 9.88 Å². The number of pyridine rings is 1. The van der Waals surface area contributed by atoms with Gasteiger partial charge in [-0.2, -0.15) is 0 Å². The lowest BCUT2D eigenvalue weighted by Crippen LogP contribution is -2.47. The first kappa shape index (κ1) is 19.2. The zero-order chi connectivity index (χ0) is 18.9. The van der Waals surface area contributed by atoms with Crippen LogP contribution < -0.4 is 9.64 Å². The van der Waals surface area contributed by atoms with Gasteiger partial charge in [0, 0.05) is 38.9 Å². The monoisotopic (exact) mass is 369 g/mol. The molecule has 1 aromatic heterocycles. The number of hydrogen-bond acceptors (Lipinski definition) is 6. The Morgan fingerprint density at radius 2 is 1.85 bits per heavy atom. The number of carbonyl (C=O) groups is 1. The molecule has 0 unspecified atom stereocenters. The van der Waals surface area contributed by atoms with Gasteiger partial charge in [-0.25, -0.2) is 9.78 Å². The molecule has 0 radical (unpaired) electrons. The molecule has 6 heteroatoms.